The first-order valence-electron chi connectivity index (χ1n) is 12.4. The van der Waals surface area contributed by atoms with Crippen LogP contribution in [0.2, 0.25) is 0 Å². The molecule has 2 aliphatic carbocycles. The van der Waals surface area contributed by atoms with Crippen molar-refractivity contribution in [3.8, 4) is 6.07 Å². The predicted octanol–water partition coefficient (Wildman–Crippen LogP) is 1.48. The fourth-order valence-electron chi connectivity index (χ4n) is 5.50. The van der Waals surface area contributed by atoms with E-state index < -0.39 is 64.9 Å². The van der Waals surface area contributed by atoms with Crippen LogP contribution >= 0.6 is 0 Å². The van der Waals surface area contributed by atoms with Crippen molar-refractivity contribution in [2.75, 3.05) is 6.54 Å². The smallest absolute Gasteiger partial charge is 0.350 e. The highest BCUT2D eigenvalue weighted by Gasteiger charge is 2.60. The monoisotopic (exact) mass is 529 g/mol. The molecular weight excluding hydrogens is 498 g/mol. The second kappa shape index (κ2) is 8.84. The molecule has 0 radical (unpaired) electrons. The zero-order chi connectivity index (χ0) is 27.6. The topological polar surface area (TPSA) is 131 Å². The Morgan fingerprint density at radius 1 is 1.19 bits per heavy atom. The summed E-state index contributed by atoms with van der Waals surface area (Å²) in [6.07, 6.45) is -3.34. The fraction of sp³-hybridized carbons (Fsp3) is 0.792. The summed E-state index contributed by atoms with van der Waals surface area (Å²) in [6.45, 7) is 5.14. The van der Waals surface area contributed by atoms with Gasteiger partial charge in [0.1, 0.15) is 23.8 Å². The number of carbonyl (C=O) groups excluding carboxylic acids is 4. The number of likely N-dealkylation sites (tertiary alicyclic amines) is 1. The average molecular weight is 530 g/mol. The molecule has 1 spiro atoms. The minimum Gasteiger partial charge on any atom is -0.350 e. The fourth-order valence-corrected chi connectivity index (χ4v) is 5.50. The molecule has 5 atom stereocenters. The molecule has 2 aliphatic heterocycles. The summed E-state index contributed by atoms with van der Waals surface area (Å²) in [5.74, 6) is -5.41. The number of nitriles is 1. The number of nitrogens with zero attached hydrogens (tertiary/aromatic N) is 2. The predicted molar refractivity (Wildman–Crippen MR) is 120 cm³/mol. The van der Waals surface area contributed by atoms with Crippen molar-refractivity contribution in [2.24, 2.45) is 17.3 Å². The van der Waals surface area contributed by atoms with E-state index in [-0.39, 0.29) is 37.3 Å². The maximum absolute atomic E-state index is 15.0. The van der Waals surface area contributed by atoms with Gasteiger partial charge in [0.15, 0.2) is 0 Å². The van der Waals surface area contributed by atoms with Crippen molar-refractivity contribution < 1.29 is 36.7 Å². The maximum atomic E-state index is 15.0. The third-order valence-electron chi connectivity index (χ3n) is 8.44. The highest BCUT2D eigenvalue weighted by Crippen LogP contribution is 2.47. The van der Waals surface area contributed by atoms with Gasteiger partial charge >= 0.3 is 12.1 Å². The minimum atomic E-state index is -5.32. The highest BCUT2D eigenvalue weighted by molar-refractivity contribution is 5.95. The van der Waals surface area contributed by atoms with Gasteiger partial charge in [0, 0.05) is 18.0 Å². The Kier molecular flexibility index (Phi) is 6.48. The molecule has 4 rings (SSSR count). The molecule has 13 heteroatoms. The lowest BCUT2D eigenvalue weighted by molar-refractivity contribution is -0.176. The summed E-state index contributed by atoms with van der Waals surface area (Å²) >= 11 is 0. The first kappa shape index (κ1) is 27.1. The van der Waals surface area contributed by atoms with Crippen LogP contribution in [0.4, 0.5) is 17.6 Å². The molecule has 0 aromatic carbocycles. The summed E-state index contributed by atoms with van der Waals surface area (Å²) in [6, 6.07) is -2.37. The Labute approximate surface area is 211 Å². The van der Waals surface area contributed by atoms with E-state index in [0.717, 1.165) is 17.7 Å². The van der Waals surface area contributed by atoms with Gasteiger partial charge < -0.3 is 20.9 Å². The van der Waals surface area contributed by atoms with Crippen molar-refractivity contribution in [1.29, 1.82) is 5.26 Å². The molecule has 3 N–H and O–H groups in total. The van der Waals surface area contributed by atoms with Crippen molar-refractivity contribution in [3.05, 3.63) is 0 Å². The Hall–Kier alpha value is -2.91. The number of halogens is 4. The average Bonchev–Trinajstić information content (AvgIpc) is 3.68. The van der Waals surface area contributed by atoms with E-state index in [1.165, 1.54) is 5.32 Å². The van der Waals surface area contributed by atoms with Gasteiger partial charge in [-0.25, -0.2) is 4.39 Å². The van der Waals surface area contributed by atoms with Crippen molar-refractivity contribution >= 4 is 23.6 Å². The van der Waals surface area contributed by atoms with Gasteiger partial charge in [-0.05, 0) is 49.9 Å². The van der Waals surface area contributed by atoms with Gasteiger partial charge in [0.25, 0.3) is 0 Å². The number of hydrogen-bond acceptors (Lipinski definition) is 5. The normalized spacial score (nSPS) is 30.2. The van der Waals surface area contributed by atoms with Crippen LogP contribution in [0.3, 0.4) is 0 Å². The van der Waals surface area contributed by atoms with Crippen molar-refractivity contribution in [3.63, 3.8) is 0 Å². The number of nitrogens with one attached hydrogen (secondary N) is 3. The Morgan fingerprint density at radius 2 is 1.81 bits per heavy atom. The molecule has 2 saturated carbocycles. The van der Waals surface area contributed by atoms with Crippen LogP contribution in [-0.2, 0) is 19.2 Å². The zero-order valence-electron chi connectivity index (χ0n) is 20.9. The van der Waals surface area contributed by atoms with Crippen LogP contribution in [-0.4, -0.2) is 70.6 Å². The molecule has 4 fully saturated rings. The maximum Gasteiger partial charge on any atom is 0.471 e. The number of carbonyl (C=O) groups is 4. The quantitative estimate of drug-likeness (QED) is 0.430. The molecule has 0 aromatic heterocycles. The van der Waals surface area contributed by atoms with Gasteiger partial charge in [0.2, 0.25) is 17.7 Å². The number of amides is 4. The molecule has 4 aliphatic rings. The van der Waals surface area contributed by atoms with E-state index in [0.29, 0.717) is 6.42 Å². The number of alkyl halides is 4. The Bertz CT molecular complexity index is 1050. The van der Waals surface area contributed by atoms with Crippen LogP contribution in [0.15, 0.2) is 0 Å². The van der Waals surface area contributed by atoms with Crippen LogP contribution in [0, 0.1) is 28.6 Å². The molecule has 37 heavy (non-hydrogen) atoms. The van der Waals surface area contributed by atoms with Crippen LogP contribution < -0.4 is 16.0 Å². The largest absolute Gasteiger partial charge is 0.471 e. The van der Waals surface area contributed by atoms with Gasteiger partial charge in [-0.1, -0.05) is 20.8 Å². The minimum absolute atomic E-state index is 0.0652. The van der Waals surface area contributed by atoms with Gasteiger partial charge in [-0.3, -0.25) is 19.2 Å². The Morgan fingerprint density at radius 3 is 2.30 bits per heavy atom. The third-order valence-corrected chi connectivity index (χ3v) is 8.44. The second-order valence-corrected chi connectivity index (χ2v) is 11.7. The summed E-state index contributed by atoms with van der Waals surface area (Å²) in [5, 5.41) is 16.7. The lowest BCUT2D eigenvalue weighted by atomic mass is 9.80. The number of hydrogen-bond donors (Lipinski definition) is 3. The summed E-state index contributed by atoms with van der Waals surface area (Å²) < 4.78 is 53.7. The lowest BCUT2D eigenvalue weighted by Gasteiger charge is -2.32. The summed E-state index contributed by atoms with van der Waals surface area (Å²) in [7, 11) is 0. The van der Waals surface area contributed by atoms with Crippen molar-refractivity contribution in [2.45, 2.75) is 94.8 Å². The van der Waals surface area contributed by atoms with Gasteiger partial charge in [-0.15, -0.1) is 0 Å². The second-order valence-electron chi connectivity index (χ2n) is 11.7. The molecule has 2 heterocycles. The SMILES string of the molecule is CC1C(C(=O)NC(C#N)CC2CC3(CC3)NC2=O)N(C(=O)C(NC(=O)C(F)(F)F)C2(F)CC2)CC1(C)C. The molecule has 5 unspecified atom stereocenters. The molecule has 4 amide bonds. The van der Waals surface area contributed by atoms with Crippen LogP contribution in [0.25, 0.3) is 0 Å². The van der Waals surface area contributed by atoms with E-state index in [2.05, 4.69) is 10.6 Å². The van der Waals surface area contributed by atoms with E-state index in [9.17, 15) is 37.6 Å². The standard InChI is InChI=1S/C24H31F4N5O4/c1-12-15(18(35)30-14(10-29)8-13-9-22(4-5-22)32-17(13)34)33(11-21(12,2)3)19(36)16(23(25)6-7-23)31-20(37)24(26,27)28/h12-16H,4-9,11H2,1-3H3,(H,30,35)(H,31,37)(H,32,34). The lowest BCUT2D eigenvalue weighted by Crippen LogP contribution is -2.60. The van der Waals surface area contributed by atoms with E-state index in [4.69, 9.17) is 0 Å². The van der Waals surface area contributed by atoms with E-state index >= 15 is 4.39 Å². The van der Waals surface area contributed by atoms with E-state index in [1.54, 1.807) is 20.8 Å². The molecule has 9 nitrogen and oxygen atoms in total. The molecular formula is C24H31F4N5O4. The first-order chi connectivity index (χ1) is 17.0. The molecule has 0 bridgehead atoms. The molecule has 2 saturated heterocycles. The van der Waals surface area contributed by atoms with Gasteiger partial charge in [0.05, 0.1) is 6.07 Å². The summed E-state index contributed by atoms with van der Waals surface area (Å²) in [5.41, 5.74) is -3.21. The number of rotatable bonds is 7. The molecule has 204 valence electrons. The summed E-state index contributed by atoms with van der Waals surface area (Å²) in [4.78, 5) is 51.7. The molecule has 0 aromatic rings. The van der Waals surface area contributed by atoms with E-state index in [1.807, 2.05) is 6.07 Å². The van der Waals surface area contributed by atoms with Crippen molar-refractivity contribution in [1.82, 2.24) is 20.9 Å². The highest BCUT2D eigenvalue weighted by atomic mass is 19.4. The first-order valence-corrected chi connectivity index (χ1v) is 12.4. The third kappa shape index (κ3) is 5.25. The zero-order valence-corrected chi connectivity index (χ0v) is 20.9. The van der Waals surface area contributed by atoms with Crippen LogP contribution in [0.5, 0.6) is 0 Å². The van der Waals surface area contributed by atoms with Crippen LogP contribution in [0.1, 0.15) is 59.3 Å². The Balaban J connectivity index is 1.51. The van der Waals surface area contributed by atoms with Gasteiger partial charge in [-0.2, -0.15) is 18.4 Å².